The summed E-state index contributed by atoms with van der Waals surface area (Å²) in [7, 11) is -3.69. The van der Waals surface area contributed by atoms with E-state index in [-0.39, 0.29) is 28.7 Å². The summed E-state index contributed by atoms with van der Waals surface area (Å²) in [5, 5.41) is 6.82. The number of aromatic nitrogens is 1. The van der Waals surface area contributed by atoms with Crippen molar-refractivity contribution in [1.82, 2.24) is 14.8 Å². The normalized spacial score (nSPS) is 25.9. The van der Waals surface area contributed by atoms with Crippen LogP contribution >= 0.6 is 0 Å². The number of nitrogens with one attached hydrogen (secondary N) is 1. The summed E-state index contributed by atoms with van der Waals surface area (Å²) in [5.74, 6) is 0.685. The highest BCUT2D eigenvalue weighted by Gasteiger charge is 2.56. The first-order valence-electron chi connectivity index (χ1n) is 9.04. The Kier molecular flexibility index (Phi) is 3.95. The molecule has 1 saturated heterocycles. The van der Waals surface area contributed by atoms with E-state index in [0.29, 0.717) is 23.9 Å². The molecule has 0 bridgehead atoms. The van der Waals surface area contributed by atoms with Gasteiger partial charge in [0.1, 0.15) is 10.6 Å². The van der Waals surface area contributed by atoms with Gasteiger partial charge in [-0.3, -0.25) is 4.79 Å². The summed E-state index contributed by atoms with van der Waals surface area (Å²) >= 11 is 0. The molecule has 3 aliphatic rings. The van der Waals surface area contributed by atoms with Gasteiger partial charge in [-0.1, -0.05) is 11.6 Å². The molecule has 1 aromatic heterocycles. The Morgan fingerprint density at radius 1 is 1.36 bits per heavy atom. The first-order valence-corrected chi connectivity index (χ1v) is 10.5. The maximum absolute atomic E-state index is 13.1. The van der Waals surface area contributed by atoms with E-state index >= 15 is 0 Å². The Hall–Kier alpha value is -1.41. The zero-order chi connectivity index (χ0) is 17.8. The van der Waals surface area contributed by atoms with Crippen LogP contribution in [0.3, 0.4) is 0 Å². The molecular weight excluding hydrogens is 342 g/mol. The Bertz CT molecular complexity index is 773. The number of amides is 1. The first-order chi connectivity index (χ1) is 11.8. The minimum absolute atomic E-state index is 0.0167. The molecule has 4 rings (SSSR count). The fraction of sp³-hybridized carbons (Fsp3) is 0.765. The number of nitrogens with zero attached hydrogens (tertiary/aromatic N) is 2. The predicted molar refractivity (Wildman–Crippen MR) is 90.2 cm³/mol. The highest BCUT2D eigenvalue weighted by atomic mass is 32.2. The maximum atomic E-state index is 13.1. The lowest BCUT2D eigenvalue weighted by atomic mass is 9.62. The molecule has 2 heterocycles. The van der Waals surface area contributed by atoms with Crippen molar-refractivity contribution in [2.24, 2.45) is 17.3 Å². The zero-order valence-corrected chi connectivity index (χ0v) is 15.6. The minimum atomic E-state index is -3.69. The Balaban J connectivity index is 1.57. The molecule has 1 unspecified atom stereocenters. The van der Waals surface area contributed by atoms with Crippen LogP contribution in [0.1, 0.15) is 43.6 Å². The van der Waals surface area contributed by atoms with E-state index < -0.39 is 10.0 Å². The van der Waals surface area contributed by atoms with Crippen molar-refractivity contribution in [3.05, 3.63) is 11.5 Å². The Morgan fingerprint density at radius 2 is 2.08 bits per heavy atom. The topological polar surface area (TPSA) is 92.5 Å². The summed E-state index contributed by atoms with van der Waals surface area (Å²) in [5.41, 5.74) is 0.182. The number of carbonyl (C=O) groups is 1. The van der Waals surface area contributed by atoms with Gasteiger partial charge in [0.25, 0.3) is 0 Å². The third-order valence-corrected chi connectivity index (χ3v) is 8.17. The number of hydrogen-bond acceptors (Lipinski definition) is 5. The van der Waals surface area contributed by atoms with Gasteiger partial charge in [-0.2, -0.15) is 4.31 Å². The molecule has 138 valence electrons. The molecule has 8 heteroatoms. The third-order valence-electron chi connectivity index (χ3n) is 6.11. The van der Waals surface area contributed by atoms with Crippen LogP contribution in [0, 0.1) is 31.1 Å². The molecule has 25 heavy (non-hydrogen) atoms. The molecule has 2 saturated carbocycles. The van der Waals surface area contributed by atoms with E-state index in [9.17, 15) is 13.2 Å². The smallest absolute Gasteiger partial charge is 0.248 e. The zero-order valence-electron chi connectivity index (χ0n) is 14.7. The molecule has 1 aromatic rings. The van der Waals surface area contributed by atoms with Gasteiger partial charge in [0, 0.05) is 19.6 Å². The second kappa shape index (κ2) is 5.81. The Morgan fingerprint density at radius 3 is 2.60 bits per heavy atom. The van der Waals surface area contributed by atoms with Crippen molar-refractivity contribution in [2.45, 2.75) is 50.8 Å². The molecule has 1 aliphatic heterocycles. The van der Waals surface area contributed by atoms with E-state index in [4.69, 9.17) is 4.52 Å². The van der Waals surface area contributed by atoms with E-state index in [2.05, 4.69) is 10.5 Å². The van der Waals surface area contributed by atoms with Crippen LogP contribution < -0.4 is 5.32 Å². The van der Waals surface area contributed by atoms with Crippen LogP contribution in [0.2, 0.25) is 0 Å². The second-order valence-electron chi connectivity index (χ2n) is 7.91. The van der Waals surface area contributed by atoms with Crippen molar-refractivity contribution in [3.63, 3.8) is 0 Å². The van der Waals surface area contributed by atoms with Gasteiger partial charge >= 0.3 is 0 Å². The number of aryl methyl sites for hydroxylation is 2. The molecule has 1 spiro atoms. The van der Waals surface area contributed by atoms with Gasteiger partial charge in [-0.25, -0.2) is 8.42 Å². The lowest BCUT2D eigenvalue weighted by molar-refractivity contribution is -0.129. The molecule has 0 aromatic carbocycles. The van der Waals surface area contributed by atoms with Gasteiger partial charge in [0.15, 0.2) is 5.76 Å². The fourth-order valence-corrected chi connectivity index (χ4v) is 6.11. The summed E-state index contributed by atoms with van der Waals surface area (Å²) in [6, 6.07) is 0. The molecule has 1 N–H and O–H groups in total. The average Bonchev–Trinajstić information content (AvgIpc) is 3.14. The second-order valence-corrected chi connectivity index (χ2v) is 9.78. The van der Waals surface area contributed by atoms with Crippen LogP contribution in [0.4, 0.5) is 0 Å². The summed E-state index contributed by atoms with van der Waals surface area (Å²) < 4.78 is 32.7. The molecule has 1 amide bonds. The lowest BCUT2D eigenvalue weighted by Gasteiger charge is -2.42. The summed E-state index contributed by atoms with van der Waals surface area (Å²) in [6.07, 6.45) is 5.27. The van der Waals surface area contributed by atoms with E-state index in [0.717, 1.165) is 25.8 Å². The van der Waals surface area contributed by atoms with Crippen molar-refractivity contribution in [2.75, 3.05) is 19.6 Å². The van der Waals surface area contributed by atoms with E-state index in [1.807, 2.05) is 0 Å². The highest BCUT2D eigenvalue weighted by molar-refractivity contribution is 7.89. The van der Waals surface area contributed by atoms with Crippen LogP contribution in [0.5, 0.6) is 0 Å². The monoisotopic (exact) mass is 367 g/mol. The molecule has 7 nitrogen and oxygen atoms in total. The largest absolute Gasteiger partial charge is 0.360 e. The number of hydrogen-bond donors (Lipinski definition) is 1. The minimum Gasteiger partial charge on any atom is -0.360 e. The van der Waals surface area contributed by atoms with Crippen LogP contribution in [0.25, 0.3) is 0 Å². The summed E-state index contributed by atoms with van der Waals surface area (Å²) in [4.78, 5) is 12.9. The van der Waals surface area contributed by atoms with Crippen LogP contribution in [0.15, 0.2) is 9.42 Å². The SMILES string of the molecule is Cc1noc(C)c1S(=O)(=O)N1CC(C(=O)NCC2CC2)C2(CCC2)C1. The van der Waals surface area contributed by atoms with E-state index in [1.54, 1.807) is 13.8 Å². The van der Waals surface area contributed by atoms with Gasteiger partial charge in [0.2, 0.25) is 15.9 Å². The van der Waals surface area contributed by atoms with Crippen molar-refractivity contribution in [3.8, 4) is 0 Å². The van der Waals surface area contributed by atoms with Gasteiger partial charge in [0.05, 0.1) is 5.92 Å². The van der Waals surface area contributed by atoms with Crippen molar-refractivity contribution < 1.29 is 17.7 Å². The number of rotatable bonds is 5. The fourth-order valence-electron chi connectivity index (χ4n) is 4.27. The highest BCUT2D eigenvalue weighted by Crippen LogP contribution is 2.53. The van der Waals surface area contributed by atoms with E-state index in [1.165, 1.54) is 17.1 Å². The van der Waals surface area contributed by atoms with Gasteiger partial charge in [-0.05, 0) is 50.9 Å². The first kappa shape index (κ1) is 17.0. The maximum Gasteiger partial charge on any atom is 0.248 e. The standard InChI is InChI=1S/C17H25N3O4S/c1-11-15(12(2)24-19-11)25(22,23)20-9-14(17(10-20)6-3-7-17)16(21)18-8-13-4-5-13/h13-14H,3-10H2,1-2H3,(H,18,21). The molecule has 3 fully saturated rings. The molecule has 1 atom stereocenters. The third kappa shape index (κ3) is 2.79. The Labute approximate surface area is 148 Å². The van der Waals surface area contributed by atoms with Crippen LogP contribution in [-0.2, 0) is 14.8 Å². The number of sulfonamides is 1. The molecule has 0 radical (unpaired) electrons. The number of carbonyl (C=O) groups excluding carboxylic acids is 1. The van der Waals surface area contributed by atoms with Gasteiger partial charge in [-0.15, -0.1) is 0 Å². The lowest BCUT2D eigenvalue weighted by Crippen LogP contribution is -2.45. The molecular formula is C17H25N3O4S. The quantitative estimate of drug-likeness (QED) is 0.853. The predicted octanol–water partition coefficient (Wildman–Crippen LogP) is 1.61. The average molecular weight is 367 g/mol. The van der Waals surface area contributed by atoms with Crippen molar-refractivity contribution >= 4 is 15.9 Å². The molecule has 2 aliphatic carbocycles. The van der Waals surface area contributed by atoms with Gasteiger partial charge < -0.3 is 9.84 Å². The van der Waals surface area contributed by atoms with Crippen LogP contribution in [-0.4, -0.2) is 43.4 Å². The van der Waals surface area contributed by atoms with Crippen molar-refractivity contribution in [1.29, 1.82) is 0 Å². The summed E-state index contributed by atoms with van der Waals surface area (Å²) in [6.45, 7) is 4.64.